The smallest absolute Gasteiger partial charge is 0.262 e. The molecule has 8 nitrogen and oxygen atoms in total. The van der Waals surface area contributed by atoms with Crippen molar-refractivity contribution >= 4 is 15.9 Å². The first-order valence-corrected chi connectivity index (χ1v) is 11.6. The molecule has 164 valence electrons. The van der Waals surface area contributed by atoms with Crippen LogP contribution in [0, 0.1) is 24.2 Å². The van der Waals surface area contributed by atoms with E-state index in [9.17, 15) is 13.2 Å². The van der Waals surface area contributed by atoms with E-state index in [1.807, 2.05) is 12.1 Å². The lowest BCUT2D eigenvalue weighted by Crippen LogP contribution is -2.44. The molecule has 1 fully saturated rings. The van der Waals surface area contributed by atoms with Gasteiger partial charge in [0.25, 0.3) is 10.0 Å². The topological polar surface area (TPSA) is 99.3 Å². The number of rotatable bonds is 7. The maximum Gasteiger partial charge on any atom is 0.262 e. The predicted molar refractivity (Wildman–Crippen MR) is 116 cm³/mol. The highest BCUT2D eigenvalue weighted by atomic mass is 32.2. The number of carbonyl (C=O) groups is 1. The van der Waals surface area contributed by atoms with E-state index in [1.165, 1.54) is 10.5 Å². The van der Waals surface area contributed by atoms with E-state index in [1.54, 1.807) is 41.6 Å². The third kappa shape index (κ3) is 5.03. The van der Waals surface area contributed by atoms with Gasteiger partial charge < -0.3 is 9.47 Å². The quantitative estimate of drug-likeness (QED) is 0.614. The third-order valence-electron chi connectivity index (χ3n) is 5.61. The van der Waals surface area contributed by atoms with Gasteiger partial charge in [-0.3, -0.25) is 4.79 Å². The summed E-state index contributed by atoms with van der Waals surface area (Å²) >= 11 is 0. The van der Waals surface area contributed by atoms with Crippen LogP contribution >= 0.6 is 0 Å². The fourth-order valence-electron chi connectivity index (χ4n) is 3.68. The molecule has 1 amide bonds. The lowest BCUT2D eigenvalue weighted by atomic mass is 9.96. The molecule has 0 radical (unpaired) electrons. The minimum Gasteiger partial charge on any atom is -0.337 e. The summed E-state index contributed by atoms with van der Waals surface area (Å²) < 4.78 is 28.8. The molecule has 2 heterocycles. The van der Waals surface area contributed by atoms with Crippen molar-refractivity contribution in [3.63, 3.8) is 0 Å². The maximum absolute atomic E-state index is 13.1. The highest BCUT2D eigenvalue weighted by Gasteiger charge is 2.34. The normalized spacial score (nSPS) is 15.4. The Kier molecular flexibility index (Phi) is 6.93. The van der Waals surface area contributed by atoms with Gasteiger partial charge in [0.1, 0.15) is 5.82 Å². The summed E-state index contributed by atoms with van der Waals surface area (Å²) in [6.45, 7) is 6.90. The number of imidazole rings is 1. The van der Waals surface area contributed by atoms with Crippen LogP contribution in [-0.2, 0) is 28.4 Å². The van der Waals surface area contributed by atoms with Crippen LogP contribution in [0.4, 0.5) is 0 Å². The van der Waals surface area contributed by atoms with Crippen LogP contribution in [0.2, 0.25) is 0 Å². The average Bonchev–Trinajstić information content (AvgIpc) is 3.12. The zero-order valence-corrected chi connectivity index (χ0v) is 18.7. The second kappa shape index (κ2) is 9.45. The van der Waals surface area contributed by atoms with Gasteiger partial charge in [0, 0.05) is 45.3 Å². The molecule has 0 unspecified atom stereocenters. The molecule has 2 aromatic rings. The van der Waals surface area contributed by atoms with Gasteiger partial charge in [0.15, 0.2) is 5.03 Å². The Balaban J connectivity index is 1.65. The Morgan fingerprint density at radius 1 is 1.32 bits per heavy atom. The minimum absolute atomic E-state index is 0.00464. The molecule has 9 heteroatoms. The number of piperidine rings is 1. The van der Waals surface area contributed by atoms with Crippen LogP contribution in [0.3, 0.4) is 0 Å². The first-order chi connectivity index (χ1) is 14.8. The van der Waals surface area contributed by atoms with Gasteiger partial charge in [0.05, 0.1) is 11.6 Å². The molecule has 0 N–H and O–H groups in total. The van der Waals surface area contributed by atoms with Gasteiger partial charge in [0.2, 0.25) is 5.91 Å². The summed E-state index contributed by atoms with van der Waals surface area (Å²) in [5, 5.41) is 8.99. The molecule has 1 aliphatic heterocycles. The van der Waals surface area contributed by atoms with Gasteiger partial charge >= 0.3 is 0 Å². The molecule has 0 atom stereocenters. The Morgan fingerprint density at radius 3 is 2.48 bits per heavy atom. The highest BCUT2D eigenvalue weighted by Crippen LogP contribution is 2.25. The van der Waals surface area contributed by atoms with Gasteiger partial charge in [-0.25, -0.2) is 13.4 Å². The van der Waals surface area contributed by atoms with E-state index in [2.05, 4.69) is 17.6 Å². The van der Waals surface area contributed by atoms with Crippen molar-refractivity contribution in [1.29, 1.82) is 5.26 Å². The van der Waals surface area contributed by atoms with Gasteiger partial charge in [-0.15, -0.1) is 6.58 Å². The van der Waals surface area contributed by atoms with Crippen LogP contribution in [0.15, 0.2) is 48.1 Å². The van der Waals surface area contributed by atoms with Crippen molar-refractivity contribution in [2.75, 3.05) is 19.6 Å². The highest BCUT2D eigenvalue weighted by molar-refractivity contribution is 7.89. The molecule has 3 rings (SSSR count). The predicted octanol–water partition coefficient (Wildman–Crippen LogP) is 2.22. The van der Waals surface area contributed by atoms with Gasteiger partial charge in [-0.1, -0.05) is 18.2 Å². The van der Waals surface area contributed by atoms with Crippen molar-refractivity contribution in [3.05, 3.63) is 60.1 Å². The standard InChI is InChI=1S/C22H27N5O3S/c1-4-11-26(15-19-7-5-18(14-23)6-8-19)22(28)20-9-12-27(13-10-20)31(29,30)21-16-25(3)17(2)24-21/h4-8,16,20H,1,9-13,15H2,2-3H3. The molecule has 0 saturated carbocycles. The zero-order chi connectivity index (χ0) is 22.6. The van der Waals surface area contributed by atoms with Crippen LogP contribution in [0.25, 0.3) is 0 Å². The molecule has 1 aliphatic rings. The summed E-state index contributed by atoms with van der Waals surface area (Å²) in [6, 6.07) is 9.22. The number of nitrogens with zero attached hydrogens (tertiary/aromatic N) is 5. The van der Waals surface area contributed by atoms with Gasteiger partial charge in [-0.05, 0) is 37.5 Å². The summed E-state index contributed by atoms with van der Waals surface area (Å²) in [5.74, 6) is 0.386. The number of aryl methyl sites for hydroxylation is 2. The van der Waals surface area contributed by atoms with Crippen molar-refractivity contribution in [2.24, 2.45) is 13.0 Å². The molecule has 1 saturated heterocycles. The Labute approximate surface area is 183 Å². The fraction of sp³-hybridized carbons (Fsp3) is 0.409. The lowest BCUT2D eigenvalue weighted by molar-refractivity contribution is -0.136. The molecular formula is C22H27N5O3S. The Hall–Kier alpha value is -2.96. The molecule has 1 aromatic heterocycles. The number of hydrogen-bond acceptors (Lipinski definition) is 5. The van der Waals surface area contributed by atoms with Crippen LogP contribution in [0.5, 0.6) is 0 Å². The maximum atomic E-state index is 13.1. The number of amides is 1. The molecule has 0 aliphatic carbocycles. The third-order valence-corrected chi connectivity index (χ3v) is 7.38. The van der Waals surface area contributed by atoms with Crippen molar-refractivity contribution in [3.8, 4) is 6.07 Å². The van der Waals surface area contributed by atoms with Crippen molar-refractivity contribution in [2.45, 2.75) is 31.3 Å². The van der Waals surface area contributed by atoms with Crippen molar-refractivity contribution in [1.82, 2.24) is 18.8 Å². The molecular weight excluding hydrogens is 414 g/mol. The minimum atomic E-state index is -3.66. The van der Waals surface area contributed by atoms with E-state index in [0.717, 1.165) is 5.56 Å². The first-order valence-electron chi connectivity index (χ1n) is 10.1. The monoisotopic (exact) mass is 441 g/mol. The number of carbonyl (C=O) groups excluding carboxylic acids is 1. The molecule has 0 bridgehead atoms. The first kappa shape index (κ1) is 22.7. The fourth-order valence-corrected chi connectivity index (χ4v) is 5.17. The largest absolute Gasteiger partial charge is 0.337 e. The lowest BCUT2D eigenvalue weighted by Gasteiger charge is -2.33. The van der Waals surface area contributed by atoms with E-state index in [4.69, 9.17) is 5.26 Å². The van der Waals surface area contributed by atoms with E-state index >= 15 is 0 Å². The number of sulfonamides is 1. The summed E-state index contributed by atoms with van der Waals surface area (Å²) in [7, 11) is -1.91. The molecule has 0 spiro atoms. The van der Waals surface area contributed by atoms with Crippen LogP contribution in [0.1, 0.15) is 29.8 Å². The summed E-state index contributed by atoms with van der Waals surface area (Å²) in [6.07, 6.45) is 4.13. The van der Waals surface area contributed by atoms with Crippen molar-refractivity contribution < 1.29 is 13.2 Å². The second-order valence-electron chi connectivity index (χ2n) is 7.73. The van der Waals surface area contributed by atoms with Crippen LogP contribution < -0.4 is 0 Å². The van der Waals surface area contributed by atoms with E-state index in [-0.39, 0.29) is 29.9 Å². The molecule has 1 aromatic carbocycles. The summed E-state index contributed by atoms with van der Waals surface area (Å²) in [4.78, 5) is 19.0. The number of nitriles is 1. The SMILES string of the molecule is C=CCN(Cc1ccc(C#N)cc1)C(=O)C1CCN(S(=O)(=O)c2cn(C)c(C)n2)CC1. The number of benzene rings is 1. The zero-order valence-electron chi connectivity index (χ0n) is 17.9. The average molecular weight is 442 g/mol. The number of hydrogen-bond donors (Lipinski definition) is 0. The Bertz CT molecular complexity index is 1070. The number of aromatic nitrogens is 2. The molecule has 31 heavy (non-hydrogen) atoms. The Morgan fingerprint density at radius 2 is 1.97 bits per heavy atom. The van der Waals surface area contributed by atoms with Crippen LogP contribution in [-0.4, -0.2) is 52.7 Å². The van der Waals surface area contributed by atoms with E-state index in [0.29, 0.717) is 37.3 Å². The summed E-state index contributed by atoms with van der Waals surface area (Å²) in [5.41, 5.74) is 1.50. The second-order valence-corrected chi connectivity index (χ2v) is 9.62. The van der Waals surface area contributed by atoms with Gasteiger partial charge in [-0.2, -0.15) is 9.57 Å². The van der Waals surface area contributed by atoms with E-state index < -0.39 is 10.0 Å².